The van der Waals surface area contributed by atoms with Crippen LogP contribution in [0.5, 0.6) is 11.5 Å². The molecule has 78 valence electrons. The second-order valence-electron chi connectivity index (χ2n) is 3.24. The van der Waals surface area contributed by atoms with Gasteiger partial charge in [0.2, 0.25) is 0 Å². The van der Waals surface area contributed by atoms with Crippen LogP contribution in [0.2, 0.25) is 0 Å². The number of rotatable bonds is 4. The lowest BCUT2D eigenvalue weighted by atomic mass is 10.2. The fraction of sp³-hybridized carbons (Fsp3) is 0.455. The van der Waals surface area contributed by atoms with Crippen LogP contribution in [0, 0.1) is 6.92 Å². The molecule has 0 amide bonds. The summed E-state index contributed by atoms with van der Waals surface area (Å²) >= 11 is 3.37. The first-order valence-corrected chi connectivity index (χ1v) is 5.66. The number of aryl methyl sites for hydroxylation is 1. The minimum Gasteiger partial charge on any atom is -0.493 e. The van der Waals surface area contributed by atoms with Gasteiger partial charge in [0, 0.05) is 5.33 Å². The Morgan fingerprint density at radius 1 is 1.36 bits per heavy atom. The summed E-state index contributed by atoms with van der Waals surface area (Å²) in [7, 11) is 1.65. The van der Waals surface area contributed by atoms with Gasteiger partial charge in [-0.05, 0) is 31.5 Å². The fourth-order valence-corrected chi connectivity index (χ4v) is 1.25. The van der Waals surface area contributed by atoms with Crippen LogP contribution in [0.3, 0.4) is 0 Å². The number of alkyl halides is 1. The Bertz CT molecular complexity index is 299. The van der Waals surface area contributed by atoms with E-state index in [1.165, 1.54) is 5.56 Å². The van der Waals surface area contributed by atoms with Crippen LogP contribution in [0.4, 0.5) is 0 Å². The number of hydrogen-bond donors (Lipinski definition) is 0. The molecule has 1 aromatic carbocycles. The zero-order valence-corrected chi connectivity index (χ0v) is 10.3. The van der Waals surface area contributed by atoms with Crippen molar-refractivity contribution in [2.24, 2.45) is 0 Å². The predicted molar refractivity (Wildman–Crippen MR) is 61.6 cm³/mol. The van der Waals surface area contributed by atoms with Crippen LogP contribution in [0.15, 0.2) is 18.2 Å². The van der Waals surface area contributed by atoms with Crippen LogP contribution in [-0.4, -0.2) is 18.5 Å². The minimum absolute atomic E-state index is 0.145. The van der Waals surface area contributed by atoms with Gasteiger partial charge in [-0.3, -0.25) is 0 Å². The molecule has 0 aliphatic carbocycles. The highest BCUT2D eigenvalue weighted by Crippen LogP contribution is 2.28. The molecule has 0 N–H and O–H groups in total. The smallest absolute Gasteiger partial charge is 0.161 e. The zero-order chi connectivity index (χ0) is 10.6. The average Bonchev–Trinajstić information content (AvgIpc) is 2.20. The molecule has 1 aromatic rings. The first-order valence-electron chi connectivity index (χ1n) is 4.54. The molecule has 0 aliphatic rings. The quantitative estimate of drug-likeness (QED) is 0.773. The summed E-state index contributed by atoms with van der Waals surface area (Å²) in [6, 6.07) is 5.92. The van der Waals surface area contributed by atoms with Gasteiger partial charge in [-0.1, -0.05) is 22.0 Å². The molecule has 0 saturated heterocycles. The first-order chi connectivity index (χ1) is 6.67. The van der Waals surface area contributed by atoms with E-state index in [1.807, 2.05) is 32.0 Å². The van der Waals surface area contributed by atoms with Gasteiger partial charge in [-0.2, -0.15) is 0 Å². The van der Waals surface area contributed by atoms with E-state index in [0.29, 0.717) is 0 Å². The zero-order valence-electron chi connectivity index (χ0n) is 8.71. The van der Waals surface area contributed by atoms with Crippen molar-refractivity contribution in [3.63, 3.8) is 0 Å². The van der Waals surface area contributed by atoms with E-state index in [4.69, 9.17) is 9.47 Å². The summed E-state index contributed by atoms with van der Waals surface area (Å²) in [5, 5.41) is 0.810. The van der Waals surface area contributed by atoms with Crippen molar-refractivity contribution in [1.29, 1.82) is 0 Å². The first kappa shape index (κ1) is 11.4. The molecular formula is C11H15BrO2. The highest BCUT2D eigenvalue weighted by molar-refractivity contribution is 9.09. The summed E-state index contributed by atoms with van der Waals surface area (Å²) in [5.74, 6) is 1.59. The van der Waals surface area contributed by atoms with Crippen molar-refractivity contribution in [2.75, 3.05) is 12.4 Å². The molecule has 0 saturated carbocycles. The lowest BCUT2D eigenvalue weighted by Gasteiger charge is -2.15. The molecule has 0 spiro atoms. The Morgan fingerprint density at radius 2 is 2.07 bits per heavy atom. The van der Waals surface area contributed by atoms with Gasteiger partial charge in [0.1, 0.15) is 6.10 Å². The van der Waals surface area contributed by atoms with Gasteiger partial charge in [-0.15, -0.1) is 0 Å². The Labute approximate surface area is 93.4 Å². The summed E-state index contributed by atoms with van der Waals surface area (Å²) in [5.41, 5.74) is 1.17. The van der Waals surface area contributed by atoms with Crippen LogP contribution in [0.25, 0.3) is 0 Å². The predicted octanol–water partition coefficient (Wildman–Crippen LogP) is 3.17. The van der Waals surface area contributed by atoms with Crippen LogP contribution >= 0.6 is 15.9 Å². The van der Waals surface area contributed by atoms with E-state index < -0.39 is 0 Å². The molecule has 1 rings (SSSR count). The second-order valence-corrected chi connectivity index (χ2v) is 3.88. The lowest BCUT2D eigenvalue weighted by Crippen LogP contribution is -2.13. The topological polar surface area (TPSA) is 18.5 Å². The normalized spacial score (nSPS) is 12.3. The van der Waals surface area contributed by atoms with E-state index in [0.717, 1.165) is 16.8 Å². The molecular weight excluding hydrogens is 244 g/mol. The molecule has 0 aliphatic heterocycles. The minimum atomic E-state index is 0.145. The van der Waals surface area contributed by atoms with Crippen molar-refractivity contribution in [1.82, 2.24) is 0 Å². The largest absolute Gasteiger partial charge is 0.493 e. The maximum atomic E-state index is 5.67. The molecule has 1 unspecified atom stereocenters. The van der Waals surface area contributed by atoms with Gasteiger partial charge >= 0.3 is 0 Å². The molecule has 0 aromatic heterocycles. The summed E-state index contributed by atoms with van der Waals surface area (Å²) in [6.07, 6.45) is 0.145. The standard InChI is InChI=1S/C11H15BrO2/c1-8-4-5-10(11(6-8)13-3)14-9(2)7-12/h4-6,9H,7H2,1-3H3. The molecule has 0 heterocycles. The Hall–Kier alpha value is -0.700. The Kier molecular flexibility index (Phi) is 4.26. The molecule has 2 nitrogen and oxygen atoms in total. The molecule has 0 fully saturated rings. The van der Waals surface area contributed by atoms with Crippen molar-refractivity contribution in [3.8, 4) is 11.5 Å². The Morgan fingerprint density at radius 3 is 2.64 bits per heavy atom. The number of benzene rings is 1. The van der Waals surface area contributed by atoms with Gasteiger partial charge in [-0.25, -0.2) is 0 Å². The van der Waals surface area contributed by atoms with Crippen LogP contribution in [0.1, 0.15) is 12.5 Å². The summed E-state index contributed by atoms with van der Waals surface area (Å²) in [6.45, 7) is 4.04. The van der Waals surface area contributed by atoms with Crippen LogP contribution in [-0.2, 0) is 0 Å². The number of ether oxygens (including phenoxy) is 2. The van der Waals surface area contributed by atoms with Crippen molar-refractivity contribution in [3.05, 3.63) is 23.8 Å². The highest BCUT2D eigenvalue weighted by Gasteiger charge is 2.07. The molecule has 1 atom stereocenters. The lowest BCUT2D eigenvalue weighted by molar-refractivity contribution is 0.235. The fourth-order valence-electron chi connectivity index (χ4n) is 1.12. The maximum absolute atomic E-state index is 5.67. The van der Waals surface area contributed by atoms with Gasteiger partial charge in [0.15, 0.2) is 11.5 Å². The number of halogens is 1. The summed E-state index contributed by atoms with van der Waals surface area (Å²) < 4.78 is 10.9. The van der Waals surface area contributed by atoms with Crippen molar-refractivity contribution >= 4 is 15.9 Å². The van der Waals surface area contributed by atoms with Gasteiger partial charge < -0.3 is 9.47 Å². The summed E-state index contributed by atoms with van der Waals surface area (Å²) in [4.78, 5) is 0. The van der Waals surface area contributed by atoms with E-state index >= 15 is 0 Å². The van der Waals surface area contributed by atoms with Crippen LogP contribution < -0.4 is 9.47 Å². The van der Waals surface area contributed by atoms with E-state index in [2.05, 4.69) is 15.9 Å². The third-order valence-corrected chi connectivity index (χ3v) is 2.78. The van der Waals surface area contributed by atoms with Crippen molar-refractivity contribution < 1.29 is 9.47 Å². The third-order valence-electron chi connectivity index (χ3n) is 1.86. The van der Waals surface area contributed by atoms with E-state index in [9.17, 15) is 0 Å². The molecule has 0 bridgehead atoms. The molecule has 0 radical (unpaired) electrons. The number of methoxy groups -OCH3 is 1. The van der Waals surface area contributed by atoms with Gasteiger partial charge in [0.25, 0.3) is 0 Å². The average molecular weight is 259 g/mol. The molecule has 3 heteroatoms. The van der Waals surface area contributed by atoms with E-state index in [1.54, 1.807) is 7.11 Å². The second kappa shape index (κ2) is 5.25. The van der Waals surface area contributed by atoms with Crippen molar-refractivity contribution in [2.45, 2.75) is 20.0 Å². The Balaban J connectivity index is 2.85. The molecule has 14 heavy (non-hydrogen) atoms. The van der Waals surface area contributed by atoms with Gasteiger partial charge in [0.05, 0.1) is 7.11 Å². The van der Waals surface area contributed by atoms with E-state index in [-0.39, 0.29) is 6.10 Å². The number of hydrogen-bond acceptors (Lipinski definition) is 2. The third kappa shape index (κ3) is 2.91. The highest BCUT2D eigenvalue weighted by atomic mass is 79.9. The monoisotopic (exact) mass is 258 g/mol. The maximum Gasteiger partial charge on any atom is 0.161 e. The SMILES string of the molecule is COc1cc(C)ccc1OC(C)CBr.